The molecular formula is C24H35N3O3. The van der Waals surface area contributed by atoms with Crippen molar-refractivity contribution < 1.29 is 14.0 Å². The SMILES string of the molecule is O=C(CCC[C@@H]1[C@H]2CCCN3CCC[C@@H](CN1C(=O)c1ccoc1)[C@@H]23)NCC1CC1. The van der Waals surface area contributed by atoms with Gasteiger partial charge in [-0.25, -0.2) is 0 Å². The minimum atomic E-state index is 0.105. The molecule has 1 aromatic rings. The Morgan fingerprint density at radius 3 is 2.73 bits per heavy atom. The third kappa shape index (κ3) is 4.16. The summed E-state index contributed by atoms with van der Waals surface area (Å²) in [6.07, 6.45) is 12.9. The van der Waals surface area contributed by atoms with E-state index < -0.39 is 0 Å². The predicted octanol–water partition coefficient (Wildman–Crippen LogP) is 3.29. The molecule has 0 bridgehead atoms. The Labute approximate surface area is 179 Å². The lowest BCUT2D eigenvalue weighted by Gasteiger charge is -2.57. The van der Waals surface area contributed by atoms with Crippen LogP contribution in [0.1, 0.15) is 68.1 Å². The number of likely N-dealkylation sites (tertiary alicyclic amines) is 1. The van der Waals surface area contributed by atoms with Crippen molar-refractivity contribution in [2.24, 2.45) is 17.8 Å². The van der Waals surface area contributed by atoms with Crippen LogP contribution in [0.2, 0.25) is 0 Å². The summed E-state index contributed by atoms with van der Waals surface area (Å²) in [6, 6.07) is 2.63. The molecular weight excluding hydrogens is 378 g/mol. The molecule has 6 heteroatoms. The first kappa shape index (κ1) is 20.1. The van der Waals surface area contributed by atoms with Gasteiger partial charge in [-0.3, -0.25) is 14.5 Å². The summed E-state index contributed by atoms with van der Waals surface area (Å²) in [4.78, 5) is 30.5. The number of hydrogen-bond donors (Lipinski definition) is 1. The van der Waals surface area contributed by atoms with Crippen molar-refractivity contribution in [1.29, 1.82) is 0 Å². The number of nitrogens with one attached hydrogen (secondary N) is 1. The van der Waals surface area contributed by atoms with E-state index in [2.05, 4.69) is 15.1 Å². The molecule has 1 aliphatic carbocycles. The molecule has 1 aromatic heterocycles. The molecule has 1 N–H and O–H groups in total. The number of rotatable bonds is 7. The Hall–Kier alpha value is -1.82. The molecule has 4 aliphatic rings. The van der Waals surface area contributed by atoms with Gasteiger partial charge in [0.1, 0.15) is 6.26 Å². The Balaban J connectivity index is 1.29. The highest BCUT2D eigenvalue weighted by molar-refractivity contribution is 5.94. The minimum Gasteiger partial charge on any atom is -0.472 e. The third-order valence-corrected chi connectivity index (χ3v) is 7.89. The second-order valence-corrected chi connectivity index (χ2v) is 9.91. The van der Waals surface area contributed by atoms with Crippen LogP contribution < -0.4 is 5.32 Å². The van der Waals surface area contributed by atoms with Gasteiger partial charge in [0.15, 0.2) is 0 Å². The molecule has 1 saturated carbocycles. The molecule has 4 atom stereocenters. The highest BCUT2D eigenvalue weighted by Gasteiger charge is 2.49. The van der Waals surface area contributed by atoms with Gasteiger partial charge in [-0.05, 0) is 88.3 Å². The Kier molecular flexibility index (Phi) is 5.85. The molecule has 30 heavy (non-hydrogen) atoms. The van der Waals surface area contributed by atoms with E-state index in [1.54, 1.807) is 18.6 Å². The van der Waals surface area contributed by atoms with E-state index in [-0.39, 0.29) is 17.9 Å². The molecule has 4 heterocycles. The van der Waals surface area contributed by atoms with E-state index in [1.807, 2.05) is 0 Å². The molecule has 0 spiro atoms. The molecule has 3 saturated heterocycles. The quantitative estimate of drug-likeness (QED) is 0.745. The molecule has 164 valence electrons. The van der Waals surface area contributed by atoms with Crippen LogP contribution in [0.25, 0.3) is 0 Å². The zero-order valence-electron chi connectivity index (χ0n) is 17.9. The second-order valence-electron chi connectivity index (χ2n) is 9.91. The van der Waals surface area contributed by atoms with E-state index in [0.29, 0.717) is 35.8 Å². The molecule has 3 aliphatic heterocycles. The highest BCUT2D eigenvalue weighted by Crippen LogP contribution is 2.43. The van der Waals surface area contributed by atoms with E-state index >= 15 is 0 Å². The van der Waals surface area contributed by atoms with Crippen molar-refractivity contribution in [2.75, 3.05) is 26.2 Å². The Morgan fingerprint density at radius 1 is 1.13 bits per heavy atom. The van der Waals surface area contributed by atoms with Crippen molar-refractivity contribution in [3.8, 4) is 0 Å². The van der Waals surface area contributed by atoms with Crippen LogP contribution in [-0.4, -0.2) is 59.9 Å². The molecule has 4 fully saturated rings. The standard InChI is InChI=1S/C24H35N3O3/c28-22(25-14-17-8-9-17)7-1-6-21-20-5-3-12-26-11-2-4-18(23(20)26)15-27(21)24(29)19-10-13-30-16-19/h10,13,16-18,20-21,23H,1-9,11-12,14-15H2,(H,25,28)/t18-,20+,21+,23-/m0/s1. The number of piperidine rings is 3. The average Bonchev–Trinajstić information content (AvgIpc) is 3.44. The van der Waals surface area contributed by atoms with Crippen LogP contribution in [0.4, 0.5) is 0 Å². The van der Waals surface area contributed by atoms with Crippen molar-refractivity contribution in [1.82, 2.24) is 15.1 Å². The maximum absolute atomic E-state index is 13.4. The number of nitrogens with zero attached hydrogens (tertiary/aromatic N) is 2. The van der Waals surface area contributed by atoms with Gasteiger partial charge in [0.05, 0.1) is 11.8 Å². The van der Waals surface area contributed by atoms with Gasteiger partial charge in [0, 0.05) is 31.6 Å². The maximum atomic E-state index is 13.4. The zero-order valence-corrected chi connectivity index (χ0v) is 17.9. The van der Waals surface area contributed by atoms with E-state index in [1.165, 1.54) is 51.6 Å². The number of carbonyl (C=O) groups is 2. The number of furan rings is 1. The summed E-state index contributed by atoms with van der Waals surface area (Å²) in [5.74, 6) is 2.10. The molecule has 0 unspecified atom stereocenters. The molecule has 6 nitrogen and oxygen atoms in total. The summed E-state index contributed by atoms with van der Waals surface area (Å²) in [5.41, 5.74) is 0.657. The fourth-order valence-corrected chi connectivity index (χ4v) is 6.29. The van der Waals surface area contributed by atoms with E-state index in [4.69, 9.17) is 4.42 Å². The van der Waals surface area contributed by atoms with Crippen molar-refractivity contribution >= 4 is 11.8 Å². The lowest BCUT2D eigenvalue weighted by Crippen LogP contribution is -2.65. The van der Waals surface area contributed by atoms with Gasteiger partial charge in [0.2, 0.25) is 5.91 Å². The lowest BCUT2D eigenvalue weighted by atomic mass is 9.69. The van der Waals surface area contributed by atoms with Crippen LogP contribution in [0, 0.1) is 17.8 Å². The summed E-state index contributed by atoms with van der Waals surface area (Å²) in [6.45, 7) is 4.11. The normalized spacial score (nSPS) is 31.3. The maximum Gasteiger partial charge on any atom is 0.257 e. The van der Waals surface area contributed by atoms with Gasteiger partial charge in [-0.1, -0.05) is 0 Å². The number of carbonyl (C=O) groups excluding carboxylic acids is 2. The van der Waals surface area contributed by atoms with Gasteiger partial charge >= 0.3 is 0 Å². The van der Waals surface area contributed by atoms with Crippen LogP contribution >= 0.6 is 0 Å². The monoisotopic (exact) mass is 413 g/mol. The van der Waals surface area contributed by atoms with Gasteiger partial charge in [-0.2, -0.15) is 0 Å². The van der Waals surface area contributed by atoms with Crippen LogP contribution in [0.5, 0.6) is 0 Å². The first-order valence-electron chi connectivity index (χ1n) is 12.0. The lowest BCUT2D eigenvalue weighted by molar-refractivity contribution is -0.121. The second kappa shape index (κ2) is 8.74. The average molecular weight is 414 g/mol. The van der Waals surface area contributed by atoms with Crippen molar-refractivity contribution in [3.05, 3.63) is 24.2 Å². The summed E-state index contributed by atoms with van der Waals surface area (Å²) in [5, 5.41) is 3.09. The molecule has 0 radical (unpaired) electrons. The van der Waals surface area contributed by atoms with Gasteiger partial charge < -0.3 is 14.6 Å². The zero-order chi connectivity index (χ0) is 20.5. The van der Waals surface area contributed by atoms with Crippen LogP contribution in [0.15, 0.2) is 23.0 Å². The first-order valence-corrected chi connectivity index (χ1v) is 12.0. The largest absolute Gasteiger partial charge is 0.472 e. The molecule has 5 rings (SSSR count). The summed E-state index contributed by atoms with van der Waals surface area (Å²) in [7, 11) is 0. The topological polar surface area (TPSA) is 65.8 Å². The van der Waals surface area contributed by atoms with Crippen molar-refractivity contribution in [2.45, 2.75) is 69.9 Å². The third-order valence-electron chi connectivity index (χ3n) is 7.89. The van der Waals surface area contributed by atoms with Gasteiger partial charge in [-0.15, -0.1) is 0 Å². The minimum absolute atomic E-state index is 0.105. The highest BCUT2D eigenvalue weighted by atomic mass is 16.3. The summed E-state index contributed by atoms with van der Waals surface area (Å²) >= 11 is 0. The number of hydrogen-bond acceptors (Lipinski definition) is 4. The number of amides is 2. The fraction of sp³-hybridized carbons (Fsp3) is 0.750. The Morgan fingerprint density at radius 2 is 1.97 bits per heavy atom. The predicted molar refractivity (Wildman–Crippen MR) is 114 cm³/mol. The van der Waals surface area contributed by atoms with Gasteiger partial charge in [0.25, 0.3) is 5.91 Å². The molecule has 2 amide bonds. The fourth-order valence-electron chi connectivity index (χ4n) is 6.29. The van der Waals surface area contributed by atoms with Crippen LogP contribution in [0.3, 0.4) is 0 Å². The first-order chi connectivity index (χ1) is 14.7. The Bertz CT molecular complexity index is 743. The van der Waals surface area contributed by atoms with E-state index in [9.17, 15) is 9.59 Å². The van der Waals surface area contributed by atoms with Crippen molar-refractivity contribution in [3.63, 3.8) is 0 Å². The smallest absolute Gasteiger partial charge is 0.257 e. The molecule has 0 aromatic carbocycles. The summed E-state index contributed by atoms with van der Waals surface area (Å²) < 4.78 is 5.20. The van der Waals surface area contributed by atoms with Crippen LogP contribution in [-0.2, 0) is 4.79 Å². The van der Waals surface area contributed by atoms with E-state index in [0.717, 1.165) is 25.9 Å².